The molecule has 4 heteroatoms. The van der Waals surface area contributed by atoms with E-state index in [2.05, 4.69) is 200 Å². The third-order valence-electron chi connectivity index (χ3n) is 8.43. The summed E-state index contributed by atoms with van der Waals surface area (Å²) < 4.78 is 14.8. The molecule has 0 bridgehead atoms. The van der Waals surface area contributed by atoms with E-state index >= 15 is 0 Å². The zero-order valence-electron chi connectivity index (χ0n) is 25.4. The maximum atomic E-state index is 7.41. The van der Waals surface area contributed by atoms with Gasteiger partial charge in [-0.25, -0.2) is 0 Å². The Balaban J connectivity index is 1.39. The predicted octanol–water partition coefficient (Wildman–Crippen LogP) is 5.78. The largest absolute Gasteiger partial charge is 0.530 e. The molecule has 7 aromatic rings. The highest BCUT2D eigenvalue weighted by molar-refractivity contribution is 7.08. The second kappa shape index (κ2) is 13.3. The third-order valence-corrected chi connectivity index (χ3v) is 16.4. The van der Waals surface area contributed by atoms with Crippen molar-refractivity contribution in [1.82, 2.24) is 0 Å². The van der Waals surface area contributed by atoms with Crippen LogP contribution in [0.25, 0.3) is 0 Å². The minimum Gasteiger partial charge on any atom is -0.530 e. The summed E-state index contributed by atoms with van der Waals surface area (Å²) in [6.07, 6.45) is 0. The summed E-state index contributed by atoms with van der Waals surface area (Å²) in [7, 11) is -5.96. The van der Waals surface area contributed by atoms with Gasteiger partial charge >= 0.3 is 16.6 Å². The molecule has 0 amide bonds. The maximum absolute atomic E-state index is 7.41. The van der Waals surface area contributed by atoms with Crippen LogP contribution in [0, 0.1) is 0 Å². The second-order valence-corrected chi connectivity index (χ2v) is 17.8. The smallest absolute Gasteiger partial charge is 0.346 e. The van der Waals surface area contributed by atoms with E-state index in [0.717, 1.165) is 11.5 Å². The van der Waals surface area contributed by atoms with Crippen molar-refractivity contribution in [2.45, 2.75) is 0 Å². The van der Waals surface area contributed by atoms with E-state index in [1.807, 2.05) is 6.07 Å². The van der Waals surface area contributed by atoms with Gasteiger partial charge in [0, 0.05) is 6.07 Å². The zero-order chi connectivity index (χ0) is 31.1. The van der Waals surface area contributed by atoms with E-state index in [9.17, 15) is 0 Å². The highest BCUT2D eigenvalue weighted by atomic mass is 28.4. The molecule has 0 heterocycles. The lowest BCUT2D eigenvalue weighted by Crippen LogP contribution is -2.71. The first kappa shape index (κ1) is 29.3. The molecule has 7 rings (SSSR count). The van der Waals surface area contributed by atoms with Gasteiger partial charge in [0.05, 0.1) is 0 Å². The van der Waals surface area contributed by atoms with Gasteiger partial charge in [0.1, 0.15) is 11.5 Å². The molecule has 0 saturated carbocycles. The summed E-state index contributed by atoms with van der Waals surface area (Å²) in [5.41, 5.74) is 0. The SMILES string of the molecule is c1ccc([Si](Oc2cccc(O[Si](c3ccccc3)(c3ccccc3)c3ccccc3)c2)(c2ccccc2)c2ccccc2)cc1. The van der Waals surface area contributed by atoms with Gasteiger partial charge in [0.2, 0.25) is 0 Å². The number of rotatable bonds is 10. The van der Waals surface area contributed by atoms with Crippen molar-refractivity contribution in [2.75, 3.05) is 0 Å². The molecular formula is C42H34O2Si2. The van der Waals surface area contributed by atoms with E-state index in [-0.39, 0.29) is 0 Å². The summed E-state index contributed by atoms with van der Waals surface area (Å²) in [6.45, 7) is 0. The third kappa shape index (κ3) is 5.60. The fourth-order valence-corrected chi connectivity index (χ4v) is 14.0. The van der Waals surface area contributed by atoms with Gasteiger partial charge in [-0.15, -0.1) is 0 Å². The van der Waals surface area contributed by atoms with Gasteiger partial charge < -0.3 is 8.85 Å². The quantitative estimate of drug-likeness (QED) is 0.142. The highest BCUT2D eigenvalue weighted by Crippen LogP contribution is 2.25. The van der Waals surface area contributed by atoms with Crippen molar-refractivity contribution in [2.24, 2.45) is 0 Å². The summed E-state index contributed by atoms with van der Waals surface area (Å²) in [5, 5.41) is 7.08. The molecule has 46 heavy (non-hydrogen) atoms. The van der Waals surface area contributed by atoms with E-state index in [1.54, 1.807) is 0 Å². The fourth-order valence-electron chi connectivity index (χ4n) is 6.35. The van der Waals surface area contributed by atoms with Crippen LogP contribution >= 0.6 is 0 Å². The standard InChI is InChI=1S/C42H34O2Si2/c1-7-22-37(23-8-1)45(38-24-9-2-10-25-38,39-26-11-3-12-27-39)43-35-20-19-21-36(34-35)44-46(40-28-13-4-14-29-40,41-30-15-5-16-31-41)42-32-17-6-18-33-42/h1-34H. The van der Waals surface area contributed by atoms with E-state index in [1.165, 1.54) is 31.1 Å². The molecule has 0 aliphatic carbocycles. The first-order valence-corrected chi connectivity index (χ1v) is 19.4. The summed E-state index contributed by atoms with van der Waals surface area (Å²) in [6, 6.07) is 72.2. The molecule has 0 atom stereocenters. The minimum atomic E-state index is -2.98. The van der Waals surface area contributed by atoms with Crippen LogP contribution in [-0.4, -0.2) is 16.6 Å². The van der Waals surface area contributed by atoms with Crippen LogP contribution in [0.4, 0.5) is 0 Å². The highest BCUT2D eigenvalue weighted by Gasteiger charge is 2.45. The number of hydrogen-bond donors (Lipinski definition) is 0. The lowest BCUT2D eigenvalue weighted by Gasteiger charge is -2.35. The molecule has 0 aliphatic heterocycles. The lowest BCUT2D eigenvalue weighted by molar-refractivity contribution is 0.551. The normalized spacial score (nSPS) is 11.5. The Kier molecular flexibility index (Phi) is 8.46. The Morgan fingerprint density at radius 1 is 0.239 bits per heavy atom. The molecule has 0 fully saturated rings. The van der Waals surface area contributed by atoms with Crippen LogP contribution in [0.3, 0.4) is 0 Å². The predicted molar refractivity (Wildman–Crippen MR) is 196 cm³/mol. The van der Waals surface area contributed by atoms with Crippen molar-refractivity contribution in [3.8, 4) is 11.5 Å². The second-order valence-electron chi connectivity index (χ2n) is 11.2. The average Bonchev–Trinajstić information content (AvgIpc) is 3.15. The van der Waals surface area contributed by atoms with Gasteiger partial charge in [-0.2, -0.15) is 0 Å². The number of hydrogen-bond acceptors (Lipinski definition) is 2. The van der Waals surface area contributed by atoms with Crippen LogP contribution in [0.2, 0.25) is 0 Å². The Labute approximate surface area is 273 Å². The molecule has 0 N–H and O–H groups in total. The van der Waals surface area contributed by atoms with Gasteiger partial charge in [0.15, 0.2) is 0 Å². The van der Waals surface area contributed by atoms with Crippen molar-refractivity contribution in [3.05, 3.63) is 206 Å². The molecule has 0 aromatic heterocycles. The van der Waals surface area contributed by atoms with Gasteiger partial charge in [0.25, 0.3) is 0 Å². The van der Waals surface area contributed by atoms with Crippen molar-refractivity contribution < 1.29 is 8.85 Å². The Morgan fingerprint density at radius 3 is 0.674 bits per heavy atom. The van der Waals surface area contributed by atoms with Crippen LogP contribution in [0.5, 0.6) is 11.5 Å². The Morgan fingerprint density at radius 2 is 0.457 bits per heavy atom. The molecular weight excluding hydrogens is 593 g/mol. The van der Waals surface area contributed by atoms with Gasteiger partial charge in [-0.1, -0.05) is 188 Å². The first-order valence-electron chi connectivity index (χ1n) is 15.6. The van der Waals surface area contributed by atoms with E-state index in [4.69, 9.17) is 8.85 Å². The fraction of sp³-hybridized carbons (Fsp3) is 0. The monoisotopic (exact) mass is 626 g/mol. The van der Waals surface area contributed by atoms with Crippen molar-refractivity contribution in [1.29, 1.82) is 0 Å². The average molecular weight is 627 g/mol. The molecule has 0 spiro atoms. The minimum absolute atomic E-state index is 0.776. The van der Waals surface area contributed by atoms with Crippen molar-refractivity contribution in [3.63, 3.8) is 0 Å². The molecule has 2 nitrogen and oxygen atoms in total. The Hall–Kier alpha value is -5.43. The molecule has 0 saturated heterocycles. The summed E-state index contributed by atoms with van der Waals surface area (Å²) in [4.78, 5) is 0. The molecule has 0 aliphatic rings. The molecule has 0 radical (unpaired) electrons. The number of benzene rings is 7. The van der Waals surface area contributed by atoms with E-state index in [0.29, 0.717) is 0 Å². The van der Waals surface area contributed by atoms with Crippen molar-refractivity contribution >= 4 is 47.8 Å². The molecule has 7 aromatic carbocycles. The zero-order valence-corrected chi connectivity index (χ0v) is 27.4. The Bertz CT molecular complexity index is 1630. The molecule has 0 unspecified atom stereocenters. The lowest BCUT2D eigenvalue weighted by atomic mass is 10.3. The van der Waals surface area contributed by atoms with Crippen LogP contribution < -0.4 is 40.0 Å². The summed E-state index contributed by atoms with van der Waals surface area (Å²) in [5.74, 6) is 1.55. The van der Waals surface area contributed by atoms with Gasteiger partial charge in [-0.3, -0.25) is 0 Å². The summed E-state index contributed by atoms with van der Waals surface area (Å²) >= 11 is 0. The molecule has 222 valence electrons. The first-order chi connectivity index (χ1) is 22.8. The van der Waals surface area contributed by atoms with Crippen LogP contribution in [0.1, 0.15) is 0 Å². The van der Waals surface area contributed by atoms with Crippen LogP contribution in [0.15, 0.2) is 206 Å². The van der Waals surface area contributed by atoms with Gasteiger partial charge in [-0.05, 0) is 43.3 Å². The van der Waals surface area contributed by atoms with E-state index < -0.39 is 16.6 Å². The maximum Gasteiger partial charge on any atom is 0.346 e. The topological polar surface area (TPSA) is 18.5 Å². The van der Waals surface area contributed by atoms with Crippen LogP contribution in [-0.2, 0) is 0 Å².